The van der Waals surface area contributed by atoms with Crippen molar-refractivity contribution in [3.63, 3.8) is 0 Å². The van der Waals surface area contributed by atoms with E-state index in [1.54, 1.807) is 0 Å². The molecule has 0 atom stereocenters. The standard InChI is InChI=1S/C14H18F2N2O2/c1-2-20-12-6-4-3-5-11(12)17-7-9-18(10-8-17)14(19)13(15)16/h3-6,13H,2,7-10H2,1H3. The molecular weight excluding hydrogens is 266 g/mol. The summed E-state index contributed by atoms with van der Waals surface area (Å²) in [4.78, 5) is 14.5. The Kier molecular flexibility index (Phi) is 4.76. The predicted molar refractivity (Wildman–Crippen MR) is 72.4 cm³/mol. The van der Waals surface area contributed by atoms with E-state index in [0.29, 0.717) is 32.8 Å². The molecule has 1 amide bonds. The Morgan fingerprint density at radius 2 is 1.90 bits per heavy atom. The summed E-state index contributed by atoms with van der Waals surface area (Å²) < 4.78 is 30.3. The van der Waals surface area contributed by atoms with Gasteiger partial charge in [-0.2, -0.15) is 8.78 Å². The van der Waals surface area contributed by atoms with Gasteiger partial charge in [0.25, 0.3) is 5.91 Å². The van der Waals surface area contributed by atoms with Crippen molar-refractivity contribution in [2.75, 3.05) is 37.7 Å². The van der Waals surface area contributed by atoms with Crippen LogP contribution in [-0.2, 0) is 4.79 Å². The van der Waals surface area contributed by atoms with Crippen LogP contribution in [0.2, 0.25) is 0 Å². The number of rotatable bonds is 4. The molecule has 1 heterocycles. The zero-order chi connectivity index (χ0) is 14.5. The average Bonchev–Trinajstić information content (AvgIpc) is 2.47. The largest absolute Gasteiger partial charge is 0.492 e. The second-order valence-corrected chi connectivity index (χ2v) is 4.51. The van der Waals surface area contributed by atoms with Crippen LogP contribution in [0.25, 0.3) is 0 Å². The zero-order valence-electron chi connectivity index (χ0n) is 11.4. The molecule has 1 aromatic carbocycles. The average molecular weight is 284 g/mol. The van der Waals surface area contributed by atoms with Crippen molar-refractivity contribution in [3.05, 3.63) is 24.3 Å². The second-order valence-electron chi connectivity index (χ2n) is 4.51. The third-order valence-corrected chi connectivity index (χ3v) is 3.28. The van der Waals surface area contributed by atoms with Crippen LogP contribution in [0.1, 0.15) is 6.92 Å². The van der Waals surface area contributed by atoms with Crippen molar-refractivity contribution in [1.29, 1.82) is 0 Å². The van der Waals surface area contributed by atoms with Gasteiger partial charge >= 0.3 is 6.43 Å². The first kappa shape index (κ1) is 14.6. The summed E-state index contributed by atoms with van der Waals surface area (Å²) in [7, 11) is 0. The Hall–Kier alpha value is -1.85. The van der Waals surface area contributed by atoms with E-state index in [1.807, 2.05) is 31.2 Å². The maximum absolute atomic E-state index is 12.4. The number of ether oxygens (including phenoxy) is 1. The van der Waals surface area contributed by atoms with Crippen molar-refractivity contribution in [2.45, 2.75) is 13.3 Å². The molecule has 4 nitrogen and oxygen atoms in total. The number of carbonyl (C=O) groups is 1. The van der Waals surface area contributed by atoms with Crippen LogP contribution in [0, 0.1) is 0 Å². The summed E-state index contributed by atoms with van der Waals surface area (Å²) >= 11 is 0. The van der Waals surface area contributed by atoms with Crippen molar-refractivity contribution < 1.29 is 18.3 Å². The Balaban J connectivity index is 2.02. The smallest absolute Gasteiger partial charge is 0.315 e. The highest BCUT2D eigenvalue weighted by atomic mass is 19.3. The molecule has 1 saturated heterocycles. The van der Waals surface area contributed by atoms with E-state index in [1.165, 1.54) is 4.90 Å². The molecule has 20 heavy (non-hydrogen) atoms. The summed E-state index contributed by atoms with van der Waals surface area (Å²) in [6, 6.07) is 7.63. The minimum atomic E-state index is -2.92. The third-order valence-electron chi connectivity index (χ3n) is 3.28. The van der Waals surface area contributed by atoms with Gasteiger partial charge < -0.3 is 14.5 Å². The van der Waals surface area contributed by atoms with E-state index in [9.17, 15) is 13.6 Å². The summed E-state index contributed by atoms with van der Waals surface area (Å²) in [5.41, 5.74) is 0.943. The van der Waals surface area contributed by atoms with E-state index >= 15 is 0 Å². The molecule has 0 radical (unpaired) electrons. The van der Waals surface area contributed by atoms with Crippen LogP contribution in [0.5, 0.6) is 5.75 Å². The summed E-state index contributed by atoms with van der Waals surface area (Å²) in [5, 5.41) is 0. The summed E-state index contributed by atoms with van der Waals surface area (Å²) in [5.74, 6) is -0.300. The molecule has 6 heteroatoms. The number of halogens is 2. The van der Waals surface area contributed by atoms with Gasteiger partial charge in [0.2, 0.25) is 0 Å². The van der Waals surface area contributed by atoms with Gasteiger partial charge in [-0.05, 0) is 19.1 Å². The number of amides is 1. The highest BCUT2D eigenvalue weighted by Crippen LogP contribution is 2.28. The molecule has 1 fully saturated rings. The second kappa shape index (κ2) is 6.54. The number of hydrogen-bond donors (Lipinski definition) is 0. The molecule has 1 aliphatic heterocycles. The fraction of sp³-hybridized carbons (Fsp3) is 0.500. The van der Waals surface area contributed by atoms with Crippen LogP contribution in [0.3, 0.4) is 0 Å². The fourth-order valence-corrected chi connectivity index (χ4v) is 2.30. The number of alkyl halides is 2. The minimum absolute atomic E-state index is 0.309. The molecule has 0 saturated carbocycles. The minimum Gasteiger partial charge on any atom is -0.492 e. The number of nitrogens with zero attached hydrogens (tertiary/aromatic N) is 2. The quantitative estimate of drug-likeness (QED) is 0.848. The molecule has 1 aromatic rings. The van der Waals surface area contributed by atoms with Gasteiger partial charge in [0, 0.05) is 26.2 Å². The first-order valence-electron chi connectivity index (χ1n) is 6.67. The van der Waals surface area contributed by atoms with Crippen molar-refractivity contribution in [1.82, 2.24) is 4.90 Å². The molecule has 110 valence electrons. The number of benzene rings is 1. The van der Waals surface area contributed by atoms with Gasteiger partial charge in [0.15, 0.2) is 0 Å². The van der Waals surface area contributed by atoms with Crippen LogP contribution in [0.4, 0.5) is 14.5 Å². The van der Waals surface area contributed by atoms with Crippen LogP contribution in [-0.4, -0.2) is 50.0 Å². The molecule has 2 rings (SSSR count). The number of para-hydroxylation sites is 2. The van der Waals surface area contributed by atoms with Gasteiger partial charge in [-0.15, -0.1) is 0 Å². The SMILES string of the molecule is CCOc1ccccc1N1CCN(C(=O)C(F)F)CC1. The molecule has 0 spiro atoms. The highest BCUT2D eigenvalue weighted by Gasteiger charge is 2.27. The van der Waals surface area contributed by atoms with Gasteiger partial charge in [-0.25, -0.2) is 0 Å². The lowest BCUT2D eigenvalue weighted by molar-refractivity contribution is -0.143. The van der Waals surface area contributed by atoms with Crippen molar-refractivity contribution >= 4 is 11.6 Å². The Labute approximate surface area is 116 Å². The molecule has 0 unspecified atom stereocenters. The van der Waals surface area contributed by atoms with E-state index in [-0.39, 0.29) is 0 Å². The van der Waals surface area contributed by atoms with Gasteiger partial charge in [-0.3, -0.25) is 4.79 Å². The Morgan fingerprint density at radius 1 is 1.25 bits per heavy atom. The molecule has 0 bridgehead atoms. The normalized spacial score (nSPS) is 15.6. The first-order valence-corrected chi connectivity index (χ1v) is 6.67. The maximum atomic E-state index is 12.4. The maximum Gasteiger partial charge on any atom is 0.315 e. The highest BCUT2D eigenvalue weighted by molar-refractivity contribution is 5.79. The summed E-state index contributed by atoms with van der Waals surface area (Å²) in [6.45, 7) is 4.16. The lowest BCUT2D eigenvalue weighted by Crippen LogP contribution is -2.50. The van der Waals surface area contributed by atoms with Crippen molar-refractivity contribution in [2.24, 2.45) is 0 Å². The molecule has 0 aliphatic carbocycles. The van der Waals surface area contributed by atoms with Gasteiger partial charge in [-0.1, -0.05) is 12.1 Å². The topological polar surface area (TPSA) is 32.8 Å². The number of hydrogen-bond acceptors (Lipinski definition) is 3. The molecular formula is C14H18F2N2O2. The van der Waals surface area contributed by atoms with Crippen LogP contribution >= 0.6 is 0 Å². The van der Waals surface area contributed by atoms with Crippen LogP contribution in [0.15, 0.2) is 24.3 Å². The monoisotopic (exact) mass is 284 g/mol. The molecule has 0 aromatic heterocycles. The molecule has 1 aliphatic rings. The van der Waals surface area contributed by atoms with Gasteiger partial charge in [0.1, 0.15) is 5.75 Å². The lowest BCUT2D eigenvalue weighted by atomic mass is 10.2. The Bertz CT molecular complexity index is 460. The number of anilines is 1. The van der Waals surface area contributed by atoms with E-state index in [4.69, 9.17) is 4.74 Å². The van der Waals surface area contributed by atoms with Crippen LogP contribution < -0.4 is 9.64 Å². The predicted octanol–water partition coefficient (Wildman–Crippen LogP) is 2.00. The number of carbonyl (C=O) groups excluding carboxylic acids is 1. The van der Waals surface area contributed by atoms with Crippen molar-refractivity contribution in [3.8, 4) is 5.75 Å². The molecule has 0 N–H and O–H groups in total. The Morgan fingerprint density at radius 3 is 2.50 bits per heavy atom. The van der Waals surface area contributed by atoms with E-state index in [0.717, 1.165) is 11.4 Å². The lowest BCUT2D eigenvalue weighted by Gasteiger charge is -2.36. The third kappa shape index (κ3) is 3.18. The number of piperazine rings is 1. The van der Waals surface area contributed by atoms with E-state index in [2.05, 4.69) is 4.90 Å². The fourth-order valence-electron chi connectivity index (χ4n) is 2.30. The summed E-state index contributed by atoms with van der Waals surface area (Å²) in [6.07, 6.45) is -2.92. The first-order chi connectivity index (χ1) is 9.63. The van der Waals surface area contributed by atoms with E-state index < -0.39 is 12.3 Å². The zero-order valence-corrected chi connectivity index (χ0v) is 11.4. The van der Waals surface area contributed by atoms with Gasteiger partial charge in [0.05, 0.1) is 12.3 Å².